The molecule has 1 fully saturated rings. The van der Waals surface area contributed by atoms with E-state index in [-0.39, 0.29) is 12.9 Å². The van der Waals surface area contributed by atoms with E-state index in [2.05, 4.69) is 5.32 Å². The predicted molar refractivity (Wildman–Crippen MR) is 74.2 cm³/mol. The van der Waals surface area contributed by atoms with Crippen molar-refractivity contribution in [1.29, 1.82) is 0 Å². The molecular weight excluding hydrogens is 258 g/mol. The molecule has 110 valence electrons. The Kier molecular flexibility index (Phi) is 3.98. The van der Waals surface area contributed by atoms with Crippen LogP contribution in [-0.4, -0.2) is 31.2 Å². The number of fused-ring (bicyclic) bond motifs is 1. The second-order valence-corrected chi connectivity index (χ2v) is 5.42. The molecule has 5 nitrogen and oxygen atoms in total. The van der Waals surface area contributed by atoms with Gasteiger partial charge in [0.25, 0.3) is 0 Å². The highest BCUT2D eigenvalue weighted by atomic mass is 16.7. The van der Waals surface area contributed by atoms with Gasteiger partial charge in [0.2, 0.25) is 12.5 Å². The van der Waals surface area contributed by atoms with Crippen LogP contribution < -0.4 is 19.5 Å². The summed E-state index contributed by atoms with van der Waals surface area (Å²) in [5.74, 6) is 2.16. The summed E-state index contributed by atoms with van der Waals surface area (Å²) < 4.78 is 16.1. The highest BCUT2D eigenvalue weighted by Crippen LogP contribution is 2.41. The molecule has 0 unspecified atom stereocenters. The lowest BCUT2D eigenvalue weighted by molar-refractivity contribution is 0.116. The second-order valence-electron chi connectivity index (χ2n) is 5.42. The van der Waals surface area contributed by atoms with Crippen molar-refractivity contribution in [2.24, 2.45) is 0 Å². The van der Waals surface area contributed by atoms with Crippen LogP contribution in [0.3, 0.4) is 0 Å². The van der Waals surface area contributed by atoms with Crippen LogP contribution in [0, 0.1) is 0 Å². The lowest BCUT2D eigenvalue weighted by atomic mass is 9.93. The second kappa shape index (κ2) is 5.89. The zero-order valence-corrected chi connectivity index (χ0v) is 11.7. The van der Waals surface area contributed by atoms with Gasteiger partial charge in [-0.2, -0.15) is 0 Å². The average molecular weight is 279 g/mol. The summed E-state index contributed by atoms with van der Waals surface area (Å²) in [5, 5.41) is 13.0. The van der Waals surface area contributed by atoms with Crippen molar-refractivity contribution in [3.05, 3.63) is 17.7 Å². The van der Waals surface area contributed by atoms with Crippen molar-refractivity contribution in [1.82, 2.24) is 5.32 Å². The van der Waals surface area contributed by atoms with Crippen molar-refractivity contribution < 1.29 is 19.3 Å². The molecular formula is C15H21NO4. The summed E-state index contributed by atoms with van der Waals surface area (Å²) in [6.07, 6.45) is 3.73. The summed E-state index contributed by atoms with van der Waals surface area (Å²) in [4.78, 5) is 0. The quantitative estimate of drug-likeness (QED) is 0.880. The van der Waals surface area contributed by atoms with Crippen LogP contribution in [0.15, 0.2) is 12.1 Å². The number of ether oxygens (including phenoxy) is 3. The molecule has 0 saturated heterocycles. The fourth-order valence-corrected chi connectivity index (χ4v) is 2.83. The number of rotatable bonds is 4. The van der Waals surface area contributed by atoms with Gasteiger partial charge in [0.15, 0.2) is 11.5 Å². The first-order chi connectivity index (χ1) is 9.76. The Morgan fingerprint density at radius 3 is 2.80 bits per heavy atom. The van der Waals surface area contributed by atoms with Gasteiger partial charge in [0.1, 0.15) is 0 Å². The first kappa shape index (κ1) is 13.5. The van der Waals surface area contributed by atoms with Crippen molar-refractivity contribution in [2.75, 3.05) is 13.9 Å². The third-order valence-electron chi connectivity index (χ3n) is 4.01. The third-order valence-corrected chi connectivity index (χ3v) is 4.01. The molecule has 0 spiro atoms. The van der Waals surface area contributed by atoms with Crippen molar-refractivity contribution in [3.8, 4) is 17.2 Å². The van der Waals surface area contributed by atoms with Crippen LogP contribution >= 0.6 is 0 Å². The highest BCUT2D eigenvalue weighted by molar-refractivity contribution is 5.55. The van der Waals surface area contributed by atoms with Crippen LogP contribution in [0.1, 0.15) is 31.2 Å². The third kappa shape index (κ3) is 2.83. The fourth-order valence-electron chi connectivity index (χ4n) is 2.83. The van der Waals surface area contributed by atoms with Gasteiger partial charge < -0.3 is 24.6 Å². The monoisotopic (exact) mass is 279 g/mol. The van der Waals surface area contributed by atoms with Crippen LogP contribution in [0.4, 0.5) is 0 Å². The maximum absolute atomic E-state index is 9.51. The van der Waals surface area contributed by atoms with E-state index in [1.165, 1.54) is 0 Å². The zero-order valence-electron chi connectivity index (χ0n) is 11.7. The summed E-state index contributed by atoms with van der Waals surface area (Å²) in [6, 6.07) is 4.46. The van der Waals surface area contributed by atoms with Crippen LogP contribution in [0.2, 0.25) is 0 Å². The average Bonchev–Trinajstić information content (AvgIpc) is 2.94. The smallest absolute Gasteiger partial charge is 0.231 e. The number of nitrogens with one attached hydrogen (secondary N) is 1. The first-order valence-electron chi connectivity index (χ1n) is 7.14. The van der Waals surface area contributed by atoms with E-state index < -0.39 is 0 Å². The molecule has 20 heavy (non-hydrogen) atoms. The minimum atomic E-state index is -0.112. The van der Waals surface area contributed by atoms with Gasteiger partial charge in [-0.3, -0.25) is 0 Å². The van der Waals surface area contributed by atoms with Crippen LogP contribution in [-0.2, 0) is 6.54 Å². The maximum Gasteiger partial charge on any atom is 0.231 e. The van der Waals surface area contributed by atoms with E-state index in [0.29, 0.717) is 11.8 Å². The summed E-state index contributed by atoms with van der Waals surface area (Å²) in [7, 11) is 1.64. The molecule has 0 aromatic heterocycles. The van der Waals surface area contributed by atoms with Gasteiger partial charge >= 0.3 is 0 Å². The van der Waals surface area contributed by atoms with Gasteiger partial charge in [-0.05, 0) is 43.4 Å². The molecule has 3 rings (SSSR count). The number of benzene rings is 1. The normalized spacial score (nSPS) is 24.7. The molecule has 1 aliphatic carbocycles. The van der Waals surface area contributed by atoms with Gasteiger partial charge in [0, 0.05) is 12.6 Å². The zero-order chi connectivity index (χ0) is 13.9. The molecule has 2 aliphatic rings. The number of aliphatic hydroxyl groups excluding tert-OH is 1. The van der Waals surface area contributed by atoms with E-state index in [0.717, 1.165) is 49.3 Å². The minimum absolute atomic E-state index is 0.112. The Morgan fingerprint density at radius 2 is 2.05 bits per heavy atom. The van der Waals surface area contributed by atoms with E-state index >= 15 is 0 Å². The molecule has 1 aliphatic heterocycles. The lowest BCUT2D eigenvalue weighted by Gasteiger charge is -2.26. The summed E-state index contributed by atoms with van der Waals surface area (Å²) in [6.45, 7) is 1.02. The SMILES string of the molecule is COc1cc(CNC2CCC(O)CC2)cc2c1OCO2. The Morgan fingerprint density at radius 1 is 1.25 bits per heavy atom. The Bertz CT molecular complexity index is 469. The Hall–Kier alpha value is -1.46. The largest absolute Gasteiger partial charge is 0.493 e. The molecule has 0 atom stereocenters. The van der Waals surface area contributed by atoms with E-state index in [9.17, 15) is 5.11 Å². The van der Waals surface area contributed by atoms with Gasteiger partial charge in [-0.15, -0.1) is 0 Å². The molecule has 0 amide bonds. The van der Waals surface area contributed by atoms with Crippen LogP contribution in [0.25, 0.3) is 0 Å². The summed E-state index contributed by atoms with van der Waals surface area (Å²) >= 11 is 0. The molecule has 2 N–H and O–H groups in total. The molecule has 0 radical (unpaired) electrons. The van der Waals surface area contributed by atoms with Gasteiger partial charge in [-0.1, -0.05) is 0 Å². The number of hydrogen-bond acceptors (Lipinski definition) is 5. The number of methoxy groups -OCH3 is 1. The van der Waals surface area contributed by atoms with E-state index in [1.807, 2.05) is 12.1 Å². The molecule has 1 aromatic rings. The summed E-state index contributed by atoms with van der Waals surface area (Å²) in [5.41, 5.74) is 1.12. The number of aliphatic hydroxyl groups is 1. The highest BCUT2D eigenvalue weighted by Gasteiger charge is 2.21. The topological polar surface area (TPSA) is 60.0 Å². The maximum atomic E-state index is 9.51. The van der Waals surface area contributed by atoms with Crippen LogP contribution in [0.5, 0.6) is 17.2 Å². The van der Waals surface area contributed by atoms with Crippen molar-refractivity contribution in [2.45, 2.75) is 44.4 Å². The van der Waals surface area contributed by atoms with E-state index in [4.69, 9.17) is 14.2 Å². The Labute approximate surface area is 118 Å². The van der Waals surface area contributed by atoms with Gasteiger partial charge in [0.05, 0.1) is 13.2 Å². The molecule has 5 heteroatoms. The lowest BCUT2D eigenvalue weighted by Crippen LogP contribution is -2.34. The minimum Gasteiger partial charge on any atom is -0.493 e. The fraction of sp³-hybridized carbons (Fsp3) is 0.600. The van der Waals surface area contributed by atoms with E-state index in [1.54, 1.807) is 7.11 Å². The molecule has 1 saturated carbocycles. The number of hydrogen-bond donors (Lipinski definition) is 2. The molecule has 0 bridgehead atoms. The standard InChI is InChI=1S/C15H21NO4/c1-18-13-6-10(7-14-15(13)20-9-19-14)8-16-11-2-4-12(17)5-3-11/h6-7,11-12,16-17H,2-5,8-9H2,1H3. The Balaban J connectivity index is 1.63. The molecule has 1 aromatic carbocycles. The first-order valence-corrected chi connectivity index (χ1v) is 7.14. The molecule has 1 heterocycles. The van der Waals surface area contributed by atoms with Crippen molar-refractivity contribution in [3.63, 3.8) is 0 Å². The van der Waals surface area contributed by atoms with Gasteiger partial charge in [-0.25, -0.2) is 0 Å². The van der Waals surface area contributed by atoms with Crippen molar-refractivity contribution >= 4 is 0 Å². The predicted octanol–water partition coefficient (Wildman–Crippen LogP) is 1.82.